The second kappa shape index (κ2) is 4.01. The lowest BCUT2D eigenvalue weighted by Crippen LogP contribution is -2.44. The van der Waals surface area contributed by atoms with Crippen molar-refractivity contribution in [3.8, 4) is 0 Å². The van der Waals surface area contributed by atoms with Gasteiger partial charge in [0.15, 0.2) is 0 Å². The first-order chi connectivity index (χ1) is 6.47. The van der Waals surface area contributed by atoms with Crippen molar-refractivity contribution in [2.75, 3.05) is 18.6 Å². The van der Waals surface area contributed by atoms with Crippen molar-refractivity contribution in [3.05, 3.63) is 29.8 Å². The van der Waals surface area contributed by atoms with E-state index in [2.05, 4.69) is 36.1 Å². The van der Waals surface area contributed by atoms with E-state index in [4.69, 9.17) is 0 Å². The van der Waals surface area contributed by atoms with Crippen molar-refractivity contribution in [2.45, 2.75) is 26.3 Å². The Balaban J connectivity index is 2.89. The minimum atomic E-state index is -0.213. The predicted molar refractivity (Wildman–Crippen MR) is 60.7 cm³/mol. The van der Waals surface area contributed by atoms with Crippen LogP contribution in [0.25, 0.3) is 0 Å². The number of aliphatic hydroxyl groups excluding tert-OH is 1. The Kier molecular flexibility index (Phi) is 3.17. The second-order valence-corrected chi connectivity index (χ2v) is 4.37. The molecule has 1 aromatic carbocycles. The number of hydrogen-bond donors (Lipinski definition) is 1. The summed E-state index contributed by atoms with van der Waals surface area (Å²) in [5, 5.41) is 9.24. The summed E-state index contributed by atoms with van der Waals surface area (Å²) in [6.45, 7) is 6.26. The molecule has 1 aromatic rings. The van der Waals surface area contributed by atoms with Gasteiger partial charge in [0, 0.05) is 12.7 Å². The molecule has 2 heteroatoms. The molecule has 0 heterocycles. The van der Waals surface area contributed by atoms with Crippen LogP contribution in [-0.2, 0) is 0 Å². The maximum atomic E-state index is 9.24. The molecule has 14 heavy (non-hydrogen) atoms. The zero-order valence-electron chi connectivity index (χ0n) is 9.41. The minimum absolute atomic E-state index is 0.150. The van der Waals surface area contributed by atoms with Crippen LogP contribution in [0, 0.1) is 6.92 Å². The largest absolute Gasteiger partial charge is 0.394 e. The van der Waals surface area contributed by atoms with Gasteiger partial charge in [-0.1, -0.05) is 17.7 Å². The van der Waals surface area contributed by atoms with Gasteiger partial charge in [0.05, 0.1) is 12.1 Å². The third-order valence-corrected chi connectivity index (χ3v) is 2.72. The standard InChI is InChI=1S/C12H19NO/c1-10-5-7-11(8-6-10)13(4)12(2,3)9-14/h5-8,14H,9H2,1-4H3. The molecule has 1 N–H and O–H groups in total. The molecule has 0 aromatic heterocycles. The van der Waals surface area contributed by atoms with Crippen LogP contribution in [0.4, 0.5) is 5.69 Å². The number of aryl methyl sites for hydroxylation is 1. The molecule has 0 unspecified atom stereocenters. The van der Waals surface area contributed by atoms with Crippen LogP contribution >= 0.6 is 0 Å². The molecule has 0 bridgehead atoms. The first-order valence-corrected chi connectivity index (χ1v) is 4.89. The topological polar surface area (TPSA) is 23.5 Å². The van der Waals surface area contributed by atoms with E-state index in [1.165, 1.54) is 5.56 Å². The van der Waals surface area contributed by atoms with Gasteiger partial charge in [-0.05, 0) is 32.9 Å². The fourth-order valence-electron chi connectivity index (χ4n) is 1.22. The Morgan fingerprint density at radius 1 is 1.21 bits per heavy atom. The molecule has 0 saturated heterocycles. The predicted octanol–water partition coefficient (Wildman–Crippen LogP) is 2.20. The molecular formula is C12H19NO. The molecular weight excluding hydrogens is 174 g/mol. The average Bonchev–Trinajstić information content (AvgIpc) is 2.18. The molecule has 0 saturated carbocycles. The van der Waals surface area contributed by atoms with Crippen LogP contribution in [0.3, 0.4) is 0 Å². The molecule has 0 atom stereocenters. The number of benzene rings is 1. The van der Waals surface area contributed by atoms with Crippen LogP contribution < -0.4 is 4.90 Å². The first kappa shape index (κ1) is 11.1. The maximum absolute atomic E-state index is 9.24. The first-order valence-electron chi connectivity index (χ1n) is 4.89. The summed E-state index contributed by atoms with van der Waals surface area (Å²) in [5.41, 5.74) is 2.17. The van der Waals surface area contributed by atoms with Crippen LogP contribution in [0.1, 0.15) is 19.4 Å². The highest BCUT2D eigenvalue weighted by Crippen LogP contribution is 2.21. The Bertz CT molecular complexity index is 290. The maximum Gasteiger partial charge on any atom is 0.0658 e. The summed E-state index contributed by atoms with van der Waals surface area (Å²) in [5.74, 6) is 0. The van der Waals surface area contributed by atoms with Gasteiger partial charge in [-0.15, -0.1) is 0 Å². The number of anilines is 1. The number of aliphatic hydroxyl groups is 1. The summed E-state index contributed by atoms with van der Waals surface area (Å²) < 4.78 is 0. The fraction of sp³-hybridized carbons (Fsp3) is 0.500. The van der Waals surface area contributed by atoms with Crippen molar-refractivity contribution in [2.24, 2.45) is 0 Å². The molecule has 0 aliphatic heterocycles. The fourth-order valence-corrected chi connectivity index (χ4v) is 1.22. The van der Waals surface area contributed by atoms with Gasteiger partial charge in [0.25, 0.3) is 0 Å². The van der Waals surface area contributed by atoms with E-state index in [1.54, 1.807) is 0 Å². The summed E-state index contributed by atoms with van der Waals surface area (Å²) in [4.78, 5) is 2.09. The minimum Gasteiger partial charge on any atom is -0.394 e. The smallest absolute Gasteiger partial charge is 0.0658 e. The Morgan fingerprint density at radius 2 is 1.71 bits per heavy atom. The number of likely N-dealkylation sites (N-methyl/N-ethyl adjacent to an activating group) is 1. The zero-order chi connectivity index (χ0) is 10.8. The van der Waals surface area contributed by atoms with Gasteiger partial charge in [0.2, 0.25) is 0 Å². The molecule has 2 nitrogen and oxygen atoms in total. The van der Waals surface area contributed by atoms with Crippen LogP contribution in [0.2, 0.25) is 0 Å². The van der Waals surface area contributed by atoms with Gasteiger partial charge >= 0.3 is 0 Å². The molecule has 1 rings (SSSR count). The number of rotatable bonds is 3. The van der Waals surface area contributed by atoms with Gasteiger partial charge in [-0.2, -0.15) is 0 Å². The van der Waals surface area contributed by atoms with E-state index in [1.807, 2.05) is 20.9 Å². The number of nitrogens with zero attached hydrogens (tertiary/aromatic N) is 1. The van der Waals surface area contributed by atoms with E-state index >= 15 is 0 Å². The normalized spacial score (nSPS) is 11.5. The van der Waals surface area contributed by atoms with Crippen molar-refractivity contribution in [1.82, 2.24) is 0 Å². The number of hydrogen-bond acceptors (Lipinski definition) is 2. The van der Waals surface area contributed by atoms with Crippen molar-refractivity contribution >= 4 is 5.69 Å². The van der Waals surface area contributed by atoms with Crippen LogP contribution in [-0.4, -0.2) is 24.3 Å². The summed E-state index contributed by atoms with van der Waals surface area (Å²) in [7, 11) is 2.00. The summed E-state index contributed by atoms with van der Waals surface area (Å²) in [6, 6.07) is 8.32. The van der Waals surface area contributed by atoms with Gasteiger partial charge < -0.3 is 10.0 Å². The van der Waals surface area contributed by atoms with Crippen molar-refractivity contribution in [3.63, 3.8) is 0 Å². The Labute approximate surface area is 86.2 Å². The van der Waals surface area contributed by atoms with Crippen molar-refractivity contribution < 1.29 is 5.11 Å². The Morgan fingerprint density at radius 3 is 2.14 bits per heavy atom. The zero-order valence-corrected chi connectivity index (χ0v) is 9.41. The van der Waals surface area contributed by atoms with E-state index in [-0.39, 0.29) is 12.1 Å². The lowest BCUT2D eigenvalue weighted by Gasteiger charge is -2.35. The van der Waals surface area contributed by atoms with E-state index in [0.717, 1.165) is 5.69 Å². The summed E-state index contributed by atoms with van der Waals surface area (Å²) in [6.07, 6.45) is 0. The van der Waals surface area contributed by atoms with Gasteiger partial charge in [0.1, 0.15) is 0 Å². The lowest BCUT2D eigenvalue weighted by molar-refractivity contribution is 0.216. The Hall–Kier alpha value is -1.02. The molecule has 0 radical (unpaired) electrons. The lowest BCUT2D eigenvalue weighted by atomic mass is 10.0. The SMILES string of the molecule is Cc1ccc(N(C)C(C)(C)CO)cc1. The van der Waals surface area contributed by atoms with E-state index in [0.29, 0.717) is 0 Å². The quantitative estimate of drug-likeness (QED) is 0.795. The molecule has 0 spiro atoms. The summed E-state index contributed by atoms with van der Waals surface area (Å²) >= 11 is 0. The molecule has 0 aliphatic rings. The van der Waals surface area contributed by atoms with E-state index < -0.39 is 0 Å². The molecule has 0 fully saturated rings. The van der Waals surface area contributed by atoms with Gasteiger partial charge in [-0.25, -0.2) is 0 Å². The van der Waals surface area contributed by atoms with Crippen LogP contribution in [0.5, 0.6) is 0 Å². The second-order valence-electron chi connectivity index (χ2n) is 4.37. The highest BCUT2D eigenvalue weighted by atomic mass is 16.3. The monoisotopic (exact) mass is 193 g/mol. The van der Waals surface area contributed by atoms with E-state index in [9.17, 15) is 5.11 Å². The highest BCUT2D eigenvalue weighted by Gasteiger charge is 2.22. The van der Waals surface area contributed by atoms with Gasteiger partial charge in [-0.3, -0.25) is 0 Å². The molecule has 0 amide bonds. The molecule has 0 aliphatic carbocycles. The van der Waals surface area contributed by atoms with Crippen LogP contribution in [0.15, 0.2) is 24.3 Å². The average molecular weight is 193 g/mol. The molecule has 78 valence electrons. The third-order valence-electron chi connectivity index (χ3n) is 2.72. The highest BCUT2D eigenvalue weighted by molar-refractivity contribution is 5.48. The van der Waals surface area contributed by atoms with Crippen molar-refractivity contribution in [1.29, 1.82) is 0 Å². The third kappa shape index (κ3) is 2.26.